The van der Waals surface area contributed by atoms with E-state index in [9.17, 15) is 0 Å². The van der Waals surface area contributed by atoms with Gasteiger partial charge in [0.2, 0.25) is 0 Å². The van der Waals surface area contributed by atoms with E-state index >= 15 is 0 Å². The minimum Gasteiger partial charge on any atom is -0.487 e. The summed E-state index contributed by atoms with van der Waals surface area (Å²) in [6.45, 7) is 4.03. The Morgan fingerprint density at radius 1 is 1.53 bits per heavy atom. The van der Waals surface area contributed by atoms with Crippen LogP contribution in [0.15, 0.2) is 22.7 Å². The Hall–Kier alpha value is -0.580. The van der Waals surface area contributed by atoms with Crippen LogP contribution in [0.25, 0.3) is 0 Å². The molecule has 0 aromatic heterocycles. The molecule has 0 spiro atoms. The quantitative estimate of drug-likeness (QED) is 0.924. The van der Waals surface area contributed by atoms with Gasteiger partial charge in [-0.25, -0.2) is 0 Å². The van der Waals surface area contributed by atoms with Gasteiger partial charge in [-0.05, 0) is 54.0 Å². The van der Waals surface area contributed by atoms with Crippen molar-refractivity contribution in [2.45, 2.75) is 25.5 Å². The lowest BCUT2D eigenvalue weighted by molar-refractivity contribution is 0.0383. The Morgan fingerprint density at radius 2 is 2.24 bits per heavy atom. The van der Waals surface area contributed by atoms with E-state index in [1.165, 1.54) is 5.56 Å². The van der Waals surface area contributed by atoms with Gasteiger partial charge in [0.1, 0.15) is 11.9 Å². The van der Waals surface area contributed by atoms with Gasteiger partial charge in [-0.3, -0.25) is 4.90 Å². The number of rotatable bonds is 4. The predicted octanol–water partition coefficient (Wildman–Crippen LogP) is 2.03. The summed E-state index contributed by atoms with van der Waals surface area (Å²) in [6.07, 6.45) is 1.22. The fourth-order valence-electron chi connectivity index (χ4n) is 2.03. The Bertz CT molecular complexity index is 389. The van der Waals surface area contributed by atoms with Gasteiger partial charge in [0.25, 0.3) is 0 Å². The Morgan fingerprint density at radius 3 is 2.76 bits per heavy atom. The number of hydrogen-bond donors (Lipinski definition) is 1. The largest absolute Gasteiger partial charge is 0.487 e. The Labute approximate surface area is 111 Å². The molecular weight excluding hydrogens is 280 g/mol. The van der Waals surface area contributed by atoms with Crippen molar-refractivity contribution >= 4 is 15.9 Å². The van der Waals surface area contributed by atoms with Crippen LogP contribution in [0.4, 0.5) is 0 Å². The molecule has 1 aliphatic heterocycles. The third-order valence-electron chi connectivity index (χ3n) is 2.88. The van der Waals surface area contributed by atoms with Crippen LogP contribution in [0.5, 0.6) is 5.75 Å². The monoisotopic (exact) mass is 298 g/mol. The molecule has 0 aliphatic carbocycles. The van der Waals surface area contributed by atoms with Crippen LogP contribution < -0.4 is 10.5 Å². The molecule has 2 N–H and O–H groups in total. The first-order chi connectivity index (χ1) is 8.04. The van der Waals surface area contributed by atoms with Crippen LogP contribution in [-0.2, 0) is 6.42 Å². The molecule has 1 saturated heterocycles. The van der Waals surface area contributed by atoms with Crippen molar-refractivity contribution in [3.05, 3.63) is 28.2 Å². The molecule has 0 amide bonds. The van der Waals surface area contributed by atoms with Gasteiger partial charge in [0.15, 0.2) is 0 Å². The summed E-state index contributed by atoms with van der Waals surface area (Å²) in [5, 5.41) is 0. The molecule has 1 aromatic carbocycles. The molecule has 0 bridgehead atoms. The molecule has 1 unspecified atom stereocenters. The van der Waals surface area contributed by atoms with Crippen molar-refractivity contribution in [2.75, 3.05) is 20.1 Å². The van der Waals surface area contributed by atoms with E-state index in [0.717, 1.165) is 29.7 Å². The first-order valence-corrected chi connectivity index (χ1v) is 6.73. The van der Waals surface area contributed by atoms with Crippen molar-refractivity contribution in [3.63, 3.8) is 0 Å². The van der Waals surface area contributed by atoms with Crippen LogP contribution in [0.1, 0.15) is 12.5 Å². The van der Waals surface area contributed by atoms with E-state index in [2.05, 4.69) is 40.0 Å². The van der Waals surface area contributed by atoms with Gasteiger partial charge in [0, 0.05) is 19.1 Å². The zero-order chi connectivity index (χ0) is 12.4. The molecule has 1 aliphatic rings. The molecule has 1 aromatic rings. The second-order valence-corrected chi connectivity index (χ2v) is 5.76. The summed E-state index contributed by atoms with van der Waals surface area (Å²) in [4.78, 5) is 2.24. The molecule has 17 heavy (non-hydrogen) atoms. The molecule has 4 heteroatoms. The van der Waals surface area contributed by atoms with Crippen molar-refractivity contribution in [1.82, 2.24) is 4.90 Å². The number of nitrogens with zero attached hydrogens (tertiary/aromatic N) is 1. The summed E-state index contributed by atoms with van der Waals surface area (Å²) >= 11 is 3.55. The summed E-state index contributed by atoms with van der Waals surface area (Å²) < 4.78 is 6.91. The van der Waals surface area contributed by atoms with E-state index in [-0.39, 0.29) is 6.04 Å². The fourth-order valence-corrected chi connectivity index (χ4v) is 2.55. The fraction of sp³-hybridized carbons (Fsp3) is 0.538. The standard InChI is InChI=1S/C13H19BrN2O/c1-9(15)5-10-3-4-13(12(14)6-10)17-11-7-16(2)8-11/h3-4,6,9,11H,5,7-8,15H2,1-2H3. The van der Waals surface area contributed by atoms with Gasteiger partial charge in [-0.2, -0.15) is 0 Å². The second kappa shape index (κ2) is 5.38. The zero-order valence-electron chi connectivity index (χ0n) is 10.3. The van der Waals surface area contributed by atoms with Gasteiger partial charge in [-0.1, -0.05) is 6.07 Å². The number of hydrogen-bond acceptors (Lipinski definition) is 3. The Kier molecular flexibility index (Phi) is 4.07. The first-order valence-electron chi connectivity index (χ1n) is 5.94. The van der Waals surface area contributed by atoms with Crippen molar-refractivity contribution < 1.29 is 4.74 Å². The number of nitrogens with two attached hydrogens (primary N) is 1. The SMILES string of the molecule is CC(N)Cc1ccc(OC2CN(C)C2)c(Br)c1. The van der Waals surface area contributed by atoms with Crippen LogP contribution >= 0.6 is 15.9 Å². The highest BCUT2D eigenvalue weighted by Crippen LogP contribution is 2.28. The van der Waals surface area contributed by atoms with Crippen molar-refractivity contribution in [3.8, 4) is 5.75 Å². The van der Waals surface area contributed by atoms with E-state index in [1.54, 1.807) is 0 Å². The maximum absolute atomic E-state index is 5.89. The number of ether oxygens (including phenoxy) is 1. The molecule has 2 rings (SSSR count). The number of halogens is 1. The minimum atomic E-state index is 0.189. The predicted molar refractivity (Wildman–Crippen MR) is 73.4 cm³/mol. The molecule has 1 fully saturated rings. The van der Waals surface area contributed by atoms with Crippen molar-refractivity contribution in [1.29, 1.82) is 0 Å². The molecule has 1 atom stereocenters. The van der Waals surface area contributed by atoms with Crippen LogP contribution in [-0.4, -0.2) is 37.2 Å². The van der Waals surface area contributed by atoms with Gasteiger partial charge in [0.05, 0.1) is 4.47 Å². The topological polar surface area (TPSA) is 38.5 Å². The highest BCUT2D eigenvalue weighted by atomic mass is 79.9. The van der Waals surface area contributed by atoms with Crippen LogP contribution in [0.3, 0.4) is 0 Å². The number of benzene rings is 1. The first kappa shape index (κ1) is 12.9. The summed E-state index contributed by atoms with van der Waals surface area (Å²) in [7, 11) is 2.10. The average Bonchev–Trinajstić information content (AvgIpc) is 2.18. The summed E-state index contributed by atoms with van der Waals surface area (Å²) in [6, 6.07) is 6.40. The lowest BCUT2D eigenvalue weighted by atomic mass is 10.1. The second-order valence-electron chi connectivity index (χ2n) is 4.91. The van der Waals surface area contributed by atoms with Crippen LogP contribution in [0, 0.1) is 0 Å². The van der Waals surface area contributed by atoms with Gasteiger partial charge < -0.3 is 10.5 Å². The molecule has 0 radical (unpaired) electrons. The minimum absolute atomic E-state index is 0.189. The van der Waals surface area contributed by atoms with Gasteiger partial charge in [-0.15, -0.1) is 0 Å². The molecule has 3 nitrogen and oxygen atoms in total. The lowest BCUT2D eigenvalue weighted by Crippen LogP contribution is -2.51. The van der Waals surface area contributed by atoms with E-state index < -0.39 is 0 Å². The lowest BCUT2D eigenvalue weighted by Gasteiger charge is -2.36. The van der Waals surface area contributed by atoms with E-state index in [0.29, 0.717) is 6.10 Å². The Balaban J connectivity index is 1.99. The van der Waals surface area contributed by atoms with Gasteiger partial charge >= 0.3 is 0 Å². The van der Waals surface area contributed by atoms with Crippen LogP contribution in [0.2, 0.25) is 0 Å². The van der Waals surface area contributed by atoms with E-state index in [4.69, 9.17) is 10.5 Å². The number of likely N-dealkylation sites (N-methyl/N-ethyl adjacent to an activating group) is 1. The normalized spacial score (nSPS) is 18.8. The van der Waals surface area contributed by atoms with Crippen molar-refractivity contribution in [2.24, 2.45) is 5.73 Å². The molecule has 94 valence electrons. The highest BCUT2D eigenvalue weighted by Gasteiger charge is 2.25. The summed E-state index contributed by atoms with van der Waals surface area (Å²) in [5.74, 6) is 0.927. The van der Waals surface area contributed by atoms with E-state index in [1.807, 2.05) is 13.0 Å². The molecule has 1 heterocycles. The smallest absolute Gasteiger partial charge is 0.134 e. The molecule has 0 saturated carbocycles. The highest BCUT2D eigenvalue weighted by molar-refractivity contribution is 9.10. The maximum atomic E-state index is 5.89. The summed E-state index contributed by atoms with van der Waals surface area (Å²) in [5.41, 5.74) is 7.03. The maximum Gasteiger partial charge on any atom is 0.134 e. The zero-order valence-corrected chi connectivity index (χ0v) is 11.9. The average molecular weight is 299 g/mol. The third-order valence-corrected chi connectivity index (χ3v) is 3.50. The third kappa shape index (κ3) is 3.44. The molecular formula is C13H19BrN2O. The number of likely N-dealkylation sites (tertiary alicyclic amines) is 1.